The molecule has 1 aliphatic rings. The maximum absolute atomic E-state index is 6.03. The Bertz CT molecular complexity index is 982. The van der Waals surface area contributed by atoms with Gasteiger partial charge in [-0.15, -0.1) is 0 Å². The average molecular weight is 425 g/mol. The number of guanidine groups is 1. The molecule has 7 nitrogen and oxygen atoms in total. The van der Waals surface area contributed by atoms with Crippen LogP contribution in [0.5, 0.6) is 0 Å². The summed E-state index contributed by atoms with van der Waals surface area (Å²) < 4.78 is 5.35. The van der Waals surface area contributed by atoms with Crippen molar-refractivity contribution in [3.05, 3.63) is 65.5 Å². The number of nitrogens with zero attached hydrogens (tertiary/aromatic N) is 4. The van der Waals surface area contributed by atoms with Crippen LogP contribution in [0.25, 0.3) is 11.4 Å². The van der Waals surface area contributed by atoms with E-state index in [1.807, 2.05) is 24.3 Å². The Balaban J connectivity index is 1.27. The Morgan fingerprint density at radius 2 is 1.97 bits per heavy atom. The first-order chi connectivity index (χ1) is 14.7. The van der Waals surface area contributed by atoms with Crippen LogP contribution in [0.1, 0.15) is 18.7 Å². The largest absolute Gasteiger partial charge is 0.371 e. The second kappa shape index (κ2) is 9.63. The van der Waals surface area contributed by atoms with Crippen molar-refractivity contribution in [1.29, 1.82) is 0 Å². The molecule has 1 aliphatic heterocycles. The molecule has 0 atom stereocenters. The lowest BCUT2D eigenvalue weighted by Gasteiger charge is -2.34. The van der Waals surface area contributed by atoms with Crippen LogP contribution in [-0.4, -0.2) is 42.3 Å². The highest BCUT2D eigenvalue weighted by Crippen LogP contribution is 2.20. The molecule has 2 heterocycles. The van der Waals surface area contributed by atoms with Crippen molar-refractivity contribution in [2.75, 3.05) is 25.0 Å². The van der Waals surface area contributed by atoms with Gasteiger partial charge in [0.1, 0.15) is 0 Å². The van der Waals surface area contributed by atoms with E-state index in [0.29, 0.717) is 29.3 Å². The van der Waals surface area contributed by atoms with E-state index >= 15 is 0 Å². The van der Waals surface area contributed by atoms with Crippen LogP contribution >= 0.6 is 11.6 Å². The fourth-order valence-electron chi connectivity index (χ4n) is 3.54. The highest BCUT2D eigenvalue weighted by atomic mass is 35.5. The molecule has 0 unspecified atom stereocenters. The SMILES string of the molecule is CN=C(NCc1nc(-c2cccc(Cl)c2)no1)NC1CCN(c2ccccc2)CC1. The van der Waals surface area contributed by atoms with Crippen LogP contribution in [0.4, 0.5) is 5.69 Å². The van der Waals surface area contributed by atoms with Gasteiger partial charge in [-0.1, -0.05) is 47.1 Å². The summed E-state index contributed by atoms with van der Waals surface area (Å²) in [5, 5.41) is 11.4. The Morgan fingerprint density at radius 1 is 1.17 bits per heavy atom. The number of halogens is 1. The molecule has 1 aromatic heterocycles. The molecule has 0 aliphatic carbocycles. The summed E-state index contributed by atoms with van der Waals surface area (Å²) in [6.07, 6.45) is 2.10. The molecule has 0 radical (unpaired) electrons. The van der Waals surface area contributed by atoms with E-state index < -0.39 is 0 Å². The topological polar surface area (TPSA) is 78.6 Å². The predicted molar refractivity (Wildman–Crippen MR) is 120 cm³/mol. The summed E-state index contributed by atoms with van der Waals surface area (Å²) in [5.74, 6) is 1.74. The predicted octanol–water partition coefficient (Wildman–Crippen LogP) is 3.72. The standard InChI is InChI=1S/C22H25ClN6O/c1-24-22(26-18-10-12-29(13-11-18)19-8-3-2-4-9-19)25-15-20-27-21(28-30-20)16-6-5-7-17(23)14-16/h2-9,14,18H,10-13,15H2,1H3,(H2,24,25,26). The van der Waals surface area contributed by atoms with E-state index in [0.717, 1.165) is 37.5 Å². The van der Waals surface area contributed by atoms with E-state index in [2.05, 4.69) is 61.0 Å². The molecule has 0 saturated carbocycles. The molecule has 1 saturated heterocycles. The number of anilines is 1. The van der Waals surface area contributed by atoms with E-state index in [-0.39, 0.29) is 0 Å². The summed E-state index contributed by atoms with van der Waals surface area (Å²) in [5.41, 5.74) is 2.11. The summed E-state index contributed by atoms with van der Waals surface area (Å²) in [7, 11) is 1.76. The number of aromatic nitrogens is 2. The molecule has 156 valence electrons. The zero-order valence-corrected chi connectivity index (χ0v) is 17.6. The minimum atomic E-state index is 0.376. The molecule has 4 rings (SSSR count). The second-order valence-corrected chi connectivity index (χ2v) is 7.63. The summed E-state index contributed by atoms with van der Waals surface area (Å²) in [6.45, 7) is 2.44. The van der Waals surface area contributed by atoms with E-state index in [1.165, 1.54) is 5.69 Å². The molecule has 0 spiro atoms. The second-order valence-electron chi connectivity index (χ2n) is 7.19. The molecule has 2 aromatic carbocycles. The first-order valence-corrected chi connectivity index (χ1v) is 10.4. The molecule has 8 heteroatoms. The van der Waals surface area contributed by atoms with Gasteiger partial charge in [0.05, 0.1) is 6.54 Å². The lowest BCUT2D eigenvalue weighted by molar-refractivity contribution is 0.374. The Morgan fingerprint density at radius 3 is 2.70 bits per heavy atom. The van der Waals surface area contributed by atoms with Crippen molar-refractivity contribution < 1.29 is 4.52 Å². The lowest BCUT2D eigenvalue weighted by Crippen LogP contribution is -2.48. The minimum absolute atomic E-state index is 0.376. The third-order valence-electron chi connectivity index (χ3n) is 5.14. The van der Waals surface area contributed by atoms with Gasteiger partial charge in [0.15, 0.2) is 5.96 Å². The third-order valence-corrected chi connectivity index (χ3v) is 5.37. The molecule has 0 amide bonds. The first-order valence-electron chi connectivity index (χ1n) is 10.1. The number of piperidine rings is 1. The smallest absolute Gasteiger partial charge is 0.246 e. The zero-order valence-electron chi connectivity index (χ0n) is 16.9. The maximum atomic E-state index is 6.03. The fourth-order valence-corrected chi connectivity index (χ4v) is 3.73. The number of benzene rings is 2. The van der Waals surface area contributed by atoms with Gasteiger partial charge in [0.2, 0.25) is 11.7 Å². The molecular weight excluding hydrogens is 400 g/mol. The quantitative estimate of drug-likeness (QED) is 0.480. The van der Waals surface area contributed by atoms with Crippen LogP contribution in [0.2, 0.25) is 5.02 Å². The zero-order chi connectivity index (χ0) is 20.8. The molecule has 0 bridgehead atoms. The molecule has 3 aromatic rings. The van der Waals surface area contributed by atoms with Crippen LogP contribution in [-0.2, 0) is 6.54 Å². The number of hydrogen-bond acceptors (Lipinski definition) is 5. The number of rotatable bonds is 5. The van der Waals surface area contributed by atoms with Crippen LogP contribution < -0.4 is 15.5 Å². The summed E-state index contributed by atoms with van der Waals surface area (Å²) >= 11 is 6.03. The van der Waals surface area contributed by atoms with E-state index in [9.17, 15) is 0 Å². The molecule has 1 fully saturated rings. The van der Waals surface area contributed by atoms with Gasteiger partial charge in [0.25, 0.3) is 0 Å². The van der Waals surface area contributed by atoms with Gasteiger partial charge < -0.3 is 20.1 Å². The van der Waals surface area contributed by atoms with Crippen molar-refractivity contribution >= 4 is 23.2 Å². The monoisotopic (exact) mass is 424 g/mol. The molecular formula is C22H25ClN6O. The minimum Gasteiger partial charge on any atom is -0.371 e. The Labute approximate surface area is 181 Å². The maximum Gasteiger partial charge on any atom is 0.246 e. The normalized spacial score (nSPS) is 15.3. The number of hydrogen-bond donors (Lipinski definition) is 2. The third kappa shape index (κ3) is 5.10. The van der Waals surface area contributed by atoms with Crippen LogP contribution in [0, 0.1) is 0 Å². The van der Waals surface area contributed by atoms with Crippen molar-refractivity contribution in [3.63, 3.8) is 0 Å². The van der Waals surface area contributed by atoms with Crippen molar-refractivity contribution in [3.8, 4) is 11.4 Å². The van der Waals surface area contributed by atoms with E-state index in [1.54, 1.807) is 7.05 Å². The van der Waals surface area contributed by atoms with Gasteiger partial charge in [0, 0.05) is 42.5 Å². The van der Waals surface area contributed by atoms with Gasteiger partial charge in [-0.25, -0.2) is 0 Å². The molecule has 30 heavy (non-hydrogen) atoms. The lowest BCUT2D eigenvalue weighted by atomic mass is 10.0. The number of aliphatic imine (C=N–C) groups is 1. The van der Waals surface area contributed by atoms with Crippen LogP contribution in [0.3, 0.4) is 0 Å². The summed E-state index contributed by atoms with van der Waals surface area (Å²) in [4.78, 5) is 11.2. The Hall–Kier alpha value is -3.06. The average Bonchev–Trinajstić information content (AvgIpc) is 3.27. The number of para-hydroxylation sites is 1. The van der Waals surface area contributed by atoms with Crippen molar-refractivity contribution in [2.45, 2.75) is 25.4 Å². The Kier molecular flexibility index (Phi) is 6.49. The van der Waals surface area contributed by atoms with Gasteiger partial charge in [-0.2, -0.15) is 4.98 Å². The first kappa shape index (κ1) is 20.2. The molecule has 2 N–H and O–H groups in total. The summed E-state index contributed by atoms with van der Waals surface area (Å²) in [6, 6.07) is 18.3. The van der Waals surface area contributed by atoms with E-state index in [4.69, 9.17) is 16.1 Å². The van der Waals surface area contributed by atoms with Crippen molar-refractivity contribution in [2.24, 2.45) is 4.99 Å². The van der Waals surface area contributed by atoms with Crippen molar-refractivity contribution in [1.82, 2.24) is 20.8 Å². The van der Waals surface area contributed by atoms with Gasteiger partial charge >= 0.3 is 0 Å². The van der Waals surface area contributed by atoms with Gasteiger partial charge in [-0.3, -0.25) is 4.99 Å². The van der Waals surface area contributed by atoms with Crippen LogP contribution in [0.15, 0.2) is 64.1 Å². The number of nitrogens with one attached hydrogen (secondary N) is 2. The highest BCUT2D eigenvalue weighted by Gasteiger charge is 2.20. The fraction of sp³-hybridized carbons (Fsp3) is 0.318. The van der Waals surface area contributed by atoms with Gasteiger partial charge in [-0.05, 0) is 37.1 Å². The highest BCUT2D eigenvalue weighted by molar-refractivity contribution is 6.30.